The highest BCUT2D eigenvalue weighted by Gasteiger charge is 2.30. The summed E-state index contributed by atoms with van der Waals surface area (Å²) in [5.41, 5.74) is 2.98. The number of rotatable bonds is 5. The summed E-state index contributed by atoms with van der Waals surface area (Å²) in [6.45, 7) is 1.47. The molecule has 1 fully saturated rings. The number of aryl methyl sites for hydroxylation is 1. The van der Waals surface area contributed by atoms with Gasteiger partial charge in [0.1, 0.15) is 11.9 Å². The molecule has 1 saturated heterocycles. The zero-order chi connectivity index (χ0) is 21.9. The highest BCUT2D eigenvalue weighted by Crippen LogP contribution is 2.27. The van der Waals surface area contributed by atoms with Crippen molar-refractivity contribution in [2.75, 3.05) is 18.0 Å². The van der Waals surface area contributed by atoms with E-state index in [-0.39, 0.29) is 17.9 Å². The quantitative estimate of drug-likeness (QED) is 0.529. The molecule has 7 nitrogen and oxygen atoms in total. The Kier molecular flexibility index (Phi) is 5.54. The predicted octanol–water partition coefficient (Wildman–Crippen LogP) is 3.49. The van der Waals surface area contributed by atoms with E-state index in [0.717, 1.165) is 41.8 Å². The third-order valence-corrected chi connectivity index (χ3v) is 6.13. The molecular weight excluding hydrogens is 400 g/mol. The molecule has 0 unspecified atom stereocenters. The second-order valence-electron chi connectivity index (χ2n) is 8.20. The molecule has 2 aromatic carbocycles. The van der Waals surface area contributed by atoms with Gasteiger partial charge in [0.15, 0.2) is 0 Å². The average Bonchev–Trinajstić information content (AvgIpc) is 3.20. The number of imidazole rings is 1. The monoisotopic (exact) mass is 426 g/mol. The van der Waals surface area contributed by atoms with E-state index in [0.29, 0.717) is 12.5 Å². The van der Waals surface area contributed by atoms with Gasteiger partial charge in [0.25, 0.3) is 0 Å². The molecule has 0 saturated carbocycles. The van der Waals surface area contributed by atoms with E-state index in [1.807, 2.05) is 55.6 Å². The number of amides is 1. The van der Waals surface area contributed by atoms with Gasteiger partial charge < -0.3 is 14.8 Å². The summed E-state index contributed by atoms with van der Waals surface area (Å²) >= 11 is 0. The van der Waals surface area contributed by atoms with Crippen molar-refractivity contribution in [1.82, 2.24) is 24.8 Å². The summed E-state index contributed by atoms with van der Waals surface area (Å²) in [6.07, 6.45) is 5.25. The summed E-state index contributed by atoms with van der Waals surface area (Å²) in [4.78, 5) is 29.1. The minimum absolute atomic E-state index is 0.0338. The van der Waals surface area contributed by atoms with Crippen LogP contribution >= 0.6 is 0 Å². The van der Waals surface area contributed by atoms with Crippen molar-refractivity contribution in [2.45, 2.75) is 18.9 Å². The molecule has 32 heavy (non-hydrogen) atoms. The highest BCUT2D eigenvalue weighted by molar-refractivity contribution is 5.81. The first-order valence-corrected chi connectivity index (χ1v) is 11.0. The van der Waals surface area contributed by atoms with Crippen molar-refractivity contribution < 1.29 is 4.79 Å². The molecule has 0 aliphatic carbocycles. The van der Waals surface area contributed by atoms with E-state index >= 15 is 0 Å². The maximum atomic E-state index is 13.4. The zero-order valence-electron chi connectivity index (χ0n) is 18.1. The Morgan fingerprint density at radius 1 is 1.03 bits per heavy atom. The van der Waals surface area contributed by atoms with Gasteiger partial charge in [-0.15, -0.1) is 0 Å². The van der Waals surface area contributed by atoms with Crippen LogP contribution in [0, 0.1) is 5.92 Å². The van der Waals surface area contributed by atoms with Crippen LogP contribution < -0.4 is 10.2 Å². The van der Waals surface area contributed by atoms with Crippen LogP contribution in [-0.2, 0) is 11.8 Å². The van der Waals surface area contributed by atoms with Gasteiger partial charge >= 0.3 is 0 Å². The fourth-order valence-corrected chi connectivity index (χ4v) is 4.45. The first-order valence-electron chi connectivity index (χ1n) is 11.0. The summed E-state index contributed by atoms with van der Waals surface area (Å²) in [6, 6.07) is 19.6. The van der Waals surface area contributed by atoms with Crippen LogP contribution in [0.2, 0.25) is 0 Å². The minimum Gasteiger partial charge on any atom is -0.342 e. The number of piperidine rings is 1. The molecule has 0 bridgehead atoms. The van der Waals surface area contributed by atoms with E-state index < -0.39 is 0 Å². The van der Waals surface area contributed by atoms with Gasteiger partial charge in [-0.05, 0) is 36.6 Å². The third kappa shape index (κ3) is 3.93. The largest absolute Gasteiger partial charge is 0.342 e. The first kappa shape index (κ1) is 20.2. The number of carbonyl (C=O) groups excluding carboxylic acids is 1. The molecule has 1 amide bonds. The number of aromatic nitrogens is 4. The van der Waals surface area contributed by atoms with Crippen LogP contribution in [0.4, 0.5) is 5.95 Å². The van der Waals surface area contributed by atoms with Gasteiger partial charge in [-0.3, -0.25) is 4.79 Å². The topological polar surface area (TPSA) is 75.9 Å². The molecule has 7 heteroatoms. The first-order chi connectivity index (χ1) is 15.7. The lowest BCUT2D eigenvalue weighted by Crippen LogP contribution is -2.45. The predicted molar refractivity (Wildman–Crippen MR) is 124 cm³/mol. The Morgan fingerprint density at radius 3 is 2.56 bits per heavy atom. The smallest absolute Gasteiger partial charge is 0.225 e. The van der Waals surface area contributed by atoms with Crippen molar-refractivity contribution in [3.63, 3.8) is 0 Å². The summed E-state index contributed by atoms with van der Waals surface area (Å²) < 4.78 is 2.07. The molecule has 2 aromatic heterocycles. The number of benzene rings is 2. The Bertz CT molecular complexity index is 1210. The second-order valence-corrected chi connectivity index (χ2v) is 8.20. The van der Waals surface area contributed by atoms with Gasteiger partial charge in [0, 0.05) is 32.5 Å². The lowest BCUT2D eigenvalue weighted by molar-refractivity contribution is -0.125. The van der Waals surface area contributed by atoms with Crippen molar-refractivity contribution in [3.05, 3.63) is 84.4 Å². The number of hydrogen-bond acceptors (Lipinski definition) is 5. The van der Waals surface area contributed by atoms with Crippen LogP contribution in [0.1, 0.15) is 30.3 Å². The number of para-hydroxylation sites is 2. The molecule has 0 spiro atoms. The Balaban J connectivity index is 1.43. The molecule has 1 aliphatic heterocycles. The highest BCUT2D eigenvalue weighted by atomic mass is 16.2. The van der Waals surface area contributed by atoms with Crippen LogP contribution in [-0.4, -0.2) is 38.5 Å². The van der Waals surface area contributed by atoms with Crippen molar-refractivity contribution in [1.29, 1.82) is 0 Å². The number of nitrogens with one attached hydrogen (secondary N) is 1. The molecule has 1 N–H and O–H groups in total. The normalized spacial score (nSPS) is 17.3. The Hall–Kier alpha value is -3.74. The van der Waals surface area contributed by atoms with E-state index in [2.05, 4.69) is 30.8 Å². The number of nitrogens with zero attached hydrogens (tertiary/aromatic N) is 5. The SMILES string of the molecule is Cn1c([C@H](NC(=O)[C@H]2CCCN(c3ncccn3)C2)c2ccccc2)nc2ccccc21. The van der Waals surface area contributed by atoms with E-state index in [9.17, 15) is 4.79 Å². The van der Waals surface area contributed by atoms with Crippen molar-refractivity contribution in [2.24, 2.45) is 13.0 Å². The molecular formula is C25H26N6O. The van der Waals surface area contributed by atoms with Gasteiger partial charge in [-0.25, -0.2) is 15.0 Å². The van der Waals surface area contributed by atoms with Gasteiger partial charge in [-0.1, -0.05) is 42.5 Å². The molecule has 2 atom stereocenters. The summed E-state index contributed by atoms with van der Waals surface area (Å²) in [5.74, 6) is 1.41. The summed E-state index contributed by atoms with van der Waals surface area (Å²) in [5, 5.41) is 3.30. The third-order valence-electron chi connectivity index (χ3n) is 6.13. The lowest BCUT2D eigenvalue weighted by atomic mass is 9.96. The second kappa shape index (κ2) is 8.78. The Labute approximate surface area is 187 Å². The molecule has 5 rings (SSSR count). The van der Waals surface area contributed by atoms with Crippen LogP contribution in [0.5, 0.6) is 0 Å². The Morgan fingerprint density at radius 2 is 1.78 bits per heavy atom. The summed E-state index contributed by atoms with van der Waals surface area (Å²) in [7, 11) is 2.00. The molecule has 1 aliphatic rings. The van der Waals surface area contributed by atoms with E-state index in [4.69, 9.17) is 4.98 Å². The maximum absolute atomic E-state index is 13.4. The maximum Gasteiger partial charge on any atom is 0.225 e. The number of fused-ring (bicyclic) bond motifs is 1. The van der Waals surface area contributed by atoms with E-state index in [1.165, 1.54) is 0 Å². The molecule has 0 radical (unpaired) electrons. The van der Waals surface area contributed by atoms with Gasteiger partial charge in [0.2, 0.25) is 11.9 Å². The van der Waals surface area contributed by atoms with Crippen molar-refractivity contribution in [3.8, 4) is 0 Å². The van der Waals surface area contributed by atoms with Crippen molar-refractivity contribution >= 4 is 22.9 Å². The van der Waals surface area contributed by atoms with Gasteiger partial charge in [-0.2, -0.15) is 0 Å². The fraction of sp³-hybridized carbons (Fsp3) is 0.280. The van der Waals surface area contributed by atoms with Crippen LogP contribution in [0.15, 0.2) is 73.1 Å². The molecule has 162 valence electrons. The molecule has 3 heterocycles. The lowest BCUT2D eigenvalue weighted by Gasteiger charge is -2.32. The van der Waals surface area contributed by atoms with Crippen LogP contribution in [0.25, 0.3) is 11.0 Å². The average molecular weight is 427 g/mol. The van der Waals surface area contributed by atoms with Crippen LogP contribution in [0.3, 0.4) is 0 Å². The fourth-order valence-electron chi connectivity index (χ4n) is 4.45. The molecule has 4 aromatic rings. The minimum atomic E-state index is -0.329. The number of anilines is 1. The van der Waals surface area contributed by atoms with E-state index in [1.54, 1.807) is 18.5 Å². The van der Waals surface area contributed by atoms with Gasteiger partial charge in [0.05, 0.1) is 17.0 Å². The zero-order valence-corrected chi connectivity index (χ0v) is 18.1. The number of carbonyl (C=O) groups is 1. The standard InChI is InChI=1S/C25H26N6O/c1-30-21-13-6-5-12-20(21)28-23(30)22(18-9-3-2-4-10-18)29-24(32)19-11-7-16-31(17-19)25-26-14-8-15-27-25/h2-6,8-10,12-15,19,22H,7,11,16-17H2,1H3,(H,29,32)/t19-,22+/m0/s1. The number of hydrogen-bond donors (Lipinski definition) is 1.